The smallest absolute Gasteiger partial charge is 0.0428 e. The molecule has 1 aromatic carbocycles. The van der Waals surface area contributed by atoms with Gasteiger partial charge in [0.1, 0.15) is 0 Å². The van der Waals surface area contributed by atoms with Crippen LogP contribution in [0.4, 0.5) is 0 Å². The highest BCUT2D eigenvalue weighted by atomic mass is 32.2. The van der Waals surface area contributed by atoms with Crippen molar-refractivity contribution in [2.75, 3.05) is 5.75 Å². The molecule has 14 heavy (non-hydrogen) atoms. The van der Waals surface area contributed by atoms with Gasteiger partial charge in [-0.05, 0) is 25.0 Å². The summed E-state index contributed by atoms with van der Waals surface area (Å²) in [6, 6.07) is 9.90. The highest BCUT2D eigenvalue weighted by Gasteiger charge is 2.22. The van der Waals surface area contributed by atoms with Gasteiger partial charge in [-0.1, -0.05) is 25.1 Å². The van der Waals surface area contributed by atoms with Crippen LogP contribution < -0.4 is 5.32 Å². The van der Waals surface area contributed by atoms with Gasteiger partial charge < -0.3 is 5.32 Å². The molecule has 1 aliphatic heterocycles. The summed E-state index contributed by atoms with van der Waals surface area (Å²) in [6.45, 7) is 4.48. The highest BCUT2D eigenvalue weighted by molar-refractivity contribution is 7.99. The number of benzene rings is 1. The predicted molar refractivity (Wildman–Crippen MR) is 62.8 cm³/mol. The summed E-state index contributed by atoms with van der Waals surface area (Å²) in [7, 11) is 0. The molecule has 0 fully saturated rings. The first-order valence-electron chi connectivity index (χ1n) is 5.29. The number of hydrogen-bond acceptors (Lipinski definition) is 2. The van der Waals surface area contributed by atoms with Crippen molar-refractivity contribution in [1.82, 2.24) is 5.32 Å². The van der Waals surface area contributed by atoms with E-state index in [1.807, 2.05) is 11.8 Å². The molecule has 1 heterocycles. The molecule has 2 unspecified atom stereocenters. The third-order valence-corrected chi connectivity index (χ3v) is 3.98. The third kappa shape index (κ3) is 1.96. The zero-order valence-electron chi connectivity index (χ0n) is 8.79. The summed E-state index contributed by atoms with van der Waals surface area (Å²) in [6.07, 6.45) is 1.20. The Morgan fingerprint density at radius 2 is 2.29 bits per heavy atom. The van der Waals surface area contributed by atoms with Crippen LogP contribution in [0, 0.1) is 0 Å². The van der Waals surface area contributed by atoms with E-state index >= 15 is 0 Å². The van der Waals surface area contributed by atoms with E-state index in [-0.39, 0.29) is 0 Å². The van der Waals surface area contributed by atoms with Crippen LogP contribution in [0.3, 0.4) is 0 Å². The Balaban J connectivity index is 2.10. The van der Waals surface area contributed by atoms with Gasteiger partial charge in [0.2, 0.25) is 0 Å². The van der Waals surface area contributed by atoms with Gasteiger partial charge in [-0.2, -0.15) is 0 Å². The summed E-state index contributed by atoms with van der Waals surface area (Å²) in [5.41, 5.74) is 1.48. The second-order valence-electron chi connectivity index (χ2n) is 3.88. The van der Waals surface area contributed by atoms with E-state index < -0.39 is 0 Å². The van der Waals surface area contributed by atoms with E-state index in [1.54, 1.807) is 0 Å². The number of rotatable bonds is 3. The number of nitrogens with one attached hydrogen (secondary N) is 1. The molecule has 76 valence electrons. The van der Waals surface area contributed by atoms with Gasteiger partial charge in [0, 0.05) is 22.7 Å². The van der Waals surface area contributed by atoms with Crippen molar-refractivity contribution in [2.24, 2.45) is 0 Å². The largest absolute Gasteiger partial charge is 0.307 e. The third-order valence-electron chi connectivity index (χ3n) is 2.80. The second-order valence-corrected chi connectivity index (χ2v) is 4.94. The summed E-state index contributed by atoms with van der Waals surface area (Å²) in [4.78, 5) is 1.45. The van der Waals surface area contributed by atoms with E-state index in [0.29, 0.717) is 12.1 Å². The fourth-order valence-corrected chi connectivity index (χ4v) is 2.94. The first-order chi connectivity index (χ1) is 6.81. The molecule has 0 spiro atoms. The Morgan fingerprint density at radius 3 is 3.07 bits per heavy atom. The van der Waals surface area contributed by atoms with Gasteiger partial charge in [-0.3, -0.25) is 0 Å². The Hall–Kier alpha value is -0.470. The molecule has 1 N–H and O–H groups in total. The van der Waals surface area contributed by atoms with Crippen LogP contribution in [-0.2, 0) is 0 Å². The van der Waals surface area contributed by atoms with Crippen molar-refractivity contribution in [1.29, 1.82) is 0 Å². The SMILES string of the molecule is CCC(C)NC1CSc2ccccc21. The molecule has 0 radical (unpaired) electrons. The predicted octanol–water partition coefficient (Wildman–Crippen LogP) is 3.22. The van der Waals surface area contributed by atoms with Gasteiger partial charge >= 0.3 is 0 Å². The first-order valence-corrected chi connectivity index (χ1v) is 6.27. The lowest BCUT2D eigenvalue weighted by molar-refractivity contribution is 0.475. The van der Waals surface area contributed by atoms with E-state index in [4.69, 9.17) is 0 Å². The van der Waals surface area contributed by atoms with E-state index in [0.717, 1.165) is 0 Å². The minimum absolute atomic E-state index is 0.561. The molecule has 0 bridgehead atoms. The standard InChI is InChI=1S/C12H17NS/c1-3-9(2)13-11-8-14-12-7-5-4-6-10(11)12/h4-7,9,11,13H,3,8H2,1-2H3. The summed E-state index contributed by atoms with van der Waals surface area (Å²) >= 11 is 1.97. The monoisotopic (exact) mass is 207 g/mol. The second kappa shape index (κ2) is 4.37. The van der Waals surface area contributed by atoms with Crippen molar-refractivity contribution in [3.63, 3.8) is 0 Å². The minimum atomic E-state index is 0.561. The summed E-state index contributed by atoms with van der Waals surface area (Å²) in [5, 5.41) is 3.66. The number of hydrogen-bond donors (Lipinski definition) is 1. The molecule has 2 atom stereocenters. The Labute approximate surface area is 90.3 Å². The number of thioether (sulfide) groups is 1. The van der Waals surface area contributed by atoms with Crippen LogP contribution in [-0.4, -0.2) is 11.8 Å². The quantitative estimate of drug-likeness (QED) is 0.816. The van der Waals surface area contributed by atoms with Gasteiger partial charge in [0.05, 0.1) is 0 Å². The minimum Gasteiger partial charge on any atom is -0.307 e. The Bertz CT molecular complexity index is 311. The molecule has 0 saturated heterocycles. The molecule has 0 amide bonds. The first kappa shape index (κ1) is 10.1. The number of fused-ring (bicyclic) bond motifs is 1. The van der Waals surface area contributed by atoms with Crippen molar-refractivity contribution < 1.29 is 0 Å². The summed E-state index contributed by atoms with van der Waals surface area (Å²) in [5.74, 6) is 1.18. The van der Waals surface area contributed by atoms with Crippen molar-refractivity contribution >= 4 is 11.8 Å². The van der Waals surface area contributed by atoms with Gasteiger partial charge in [-0.25, -0.2) is 0 Å². The average molecular weight is 207 g/mol. The van der Waals surface area contributed by atoms with Gasteiger partial charge in [0.25, 0.3) is 0 Å². The molecule has 2 heteroatoms. The van der Waals surface area contributed by atoms with E-state index in [2.05, 4.69) is 43.4 Å². The van der Waals surface area contributed by atoms with Crippen molar-refractivity contribution in [2.45, 2.75) is 37.2 Å². The lowest BCUT2D eigenvalue weighted by atomic mass is 10.1. The molecule has 2 rings (SSSR count). The van der Waals surface area contributed by atoms with Crippen molar-refractivity contribution in [3.05, 3.63) is 29.8 Å². The van der Waals surface area contributed by atoms with Crippen LogP contribution in [0.2, 0.25) is 0 Å². The van der Waals surface area contributed by atoms with E-state index in [1.165, 1.54) is 22.6 Å². The molecule has 1 aromatic rings. The summed E-state index contributed by atoms with van der Waals surface area (Å²) < 4.78 is 0. The van der Waals surface area contributed by atoms with Crippen molar-refractivity contribution in [3.8, 4) is 0 Å². The van der Waals surface area contributed by atoms with Crippen LogP contribution >= 0.6 is 11.8 Å². The molecular formula is C12H17NS. The highest BCUT2D eigenvalue weighted by Crippen LogP contribution is 2.37. The fraction of sp³-hybridized carbons (Fsp3) is 0.500. The molecule has 0 aromatic heterocycles. The normalized spacial score (nSPS) is 22.0. The van der Waals surface area contributed by atoms with Gasteiger partial charge in [-0.15, -0.1) is 11.8 Å². The van der Waals surface area contributed by atoms with Gasteiger partial charge in [0.15, 0.2) is 0 Å². The Kier molecular flexibility index (Phi) is 3.14. The van der Waals surface area contributed by atoms with Crippen LogP contribution in [0.1, 0.15) is 31.9 Å². The zero-order valence-corrected chi connectivity index (χ0v) is 9.60. The van der Waals surface area contributed by atoms with Crippen LogP contribution in [0.25, 0.3) is 0 Å². The zero-order chi connectivity index (χ0) is 9.97. The maximum atomic E-state index is 3.66. The topological polar surface area (TPSA) is 12.0 Å². The Morgan fingerprint density at radius 1 is 1.50 bits per heavy atom. The fourth-order valence-electron chi connectivity index (χ4n) is 1.76. The van der Waals surface area contributed by atoms with Crippen LogP contribution in [0.15, 0.2) is 29.2 Å². The average Bonchev–Trinajstić information content (AvgIpc) is 2.62. The molecule has 1 nitrogen and oxygen atoms in total. The lowest BCUT2D eigenvalue weighted by Crippen LogP contribution is -2.29. The molecular weight excluding hydrogens is 190 g/mol. The molecule has 0 saturated carbocycles. The molecule has 0 aliphatic carbocycles. The molecule has 1 aliphatic rings. The maximum Gasteiger partial charge on any atom is 0.0428 e. The van der Waals surface area contributed by atoms with E-state index in [9.17, 15) is 0 Å². The lowest BCUT2D eigenvalue weighted by Gasteiger charge is -2.18. The maximum absolute atomic E-state index is 3.66. The van der Waals surface area contributed by atoms with Crippen LogP contribution in [0.5, 0.6) is 0 Å².